The van der Waals surface area contributed by atoms with Crippen LogP contribution >= 0.6 is 0 Å². The van der Waals surface area contributed by atoms with Crippen molar-refractivity contribution < 1.29 is 0 Å². The standard InChI is InChI=1S/C45H38N2/c1-29(2)39-26-34(31-15-7-5-8-16-31)27-40(30(3)4)44(39)47-43-22-14-13-21-42(43)46-45(47)33-23-24-36-35(25-33)28-41(32-17-9-6-10-18-32)38-20-12-11-19-37(36)38/h5-30H,1-4H3. The predicted molar refractivity (Wildman–Crippen MR) is 201 cm³/mol. The van der Waals surface area contributed by atoms with Crippen molar-refractivity contribution in [2.24, 2.45) is 0 Å². The Balaban J connectivity index is 1.42. The lowest BCUT2D eigenvalue weighted by molar-refractivity contribution is 0.811. The van der Waals surface area contributed by atoms with Gasteiger partial charge in [-0.15, -0.1) is 0 Å². The Morgan fingerprint density at radius 1 is 0.468 bits per heavy atom. The van der Waals surface area contributed by atoms with Crippen LogP contribution in [0.1, 0.15) is 50.7 Å². The third kappa shape index (κ3) is 5.02. The molecule has 0 radical (unpaired) electrons. The Bertz CT molecular complexity index is 2370. The summed E-state index contributed by atoms with van der Waals surface area (Å²) in [5.41, 5.74) is 12.1. The number of hydrogen-bond donors (Lipinski definition) is 0. The predicted octanol–water partition coefficient (Wildman–Crippen LogP) is 12.6. The normalized spacial score (nSPS) is 11.8. The molecule has 0 aliphatic rings. The molecule has 0 bridgehead atoms. The van der Waals surface area contributed by atoms with Crippen LogP contribution in [0, 0.1) is 0 Å². The van der Waals surface area contributed by atoms with Gasteiger partial charge in [0.15, 0.2) is 0 Å². The molecule has 8 rings (SSSR count). The summed E-state index contributed by atoms with van der Waals surface area (Å²) in [6.45, 7) is 9.23. The molecule has 0 amide bonds. The molecule has 2 heteroatoms. The van der Waals surface area contributed by atoms with Crippen molar-refractivity contribution in [1.82, 2.24) is 9.55 Å². The summed E-state index contributed by atoms with van der Waals surface area (Å²) < 4.78 is 2.44. The molecule has 228 valence electrons. The third-order valence-corrected chi connectivity index (χ3v) is 9.51. The van der Waals surface area contributed by atoms with Gasteiger partial charge >= 0.3 is 0 Å². The maximum absolute atomic E-state index is 5.35. The number of aromatic nitrogens is 2. The molecule has 0 saturated carbocycles. The monoisotopic (exact) mass is 606 g/mol. The minimum absolute atomic E-state index is 0.316. The SMILES string of the molecule is CC(C)c1cc(-c2ccccc2)cc(C(C)C)c1-n1c(-c2ccc3c(c2)cc(-c2ccccc2)c2ccccc23)nc2ccccc21. The first-order valence-electron chi connectivity index (χ1n) is 16.7. The highest BCUT2D eigenvalue weighted by Crippen LogP contribution is 2.41. The van der Waals surface area contributed by atoms with Gasteiger partial charge in [-0.1, -0.05) is 137 Å². The van der Waals surface area contributed by atoms with Crippen LogP contribution in [-0.2, 0) is 0 Å². The zero-order valence-electron chi connectivity index (χ0n) is 27.4. The van der Waals surface area contributed by atoms with Gasteiger partial charge in [-0.2, -0.15) is 0 Å². The first-order chi connectivity index (χ1) is 23.0. The summed E-state index contributed by atoms with van der Waals surface area (Å²) in [7, 11) is 0. The Hall–Kier alpha value is -5.47. The van der Waals surface area contributed by atoms with Gasteiger partial charge in [0, 0.05) is 5.56 Å². The van der Waals surface area contributed by atoms with Crippen LogP contribution in [0.4, 0.5) is 0 Å². The lowest BCUT2D eigenvalue weighted by Crippen LogP contribution is -2.09. The van der Waals surface area contributed by atoms with Crippen LogP contribution in [0.5, 0.6) is 0 Å². The van der Waals surface area contributed by atoms with E-state index in [0.717, 1.165) is 22.4 Å². The van der Waals surface area contributed by atoms with Gasteiger partial charge in [0.1, 0.15) is 5.82 Å². The molecule has 47 heavy (non-hydrogen) atoms. The van der Waals surface area contributed by atoms with Gasteiger partial charge in [0.2, 0.25) is 0 Å². The van der Waals surface area contributed by atoms with Gasteiger partial charge < -0.3 is 0 Å². The largest absolute Gasteiger partial charge is 0.292 e. The molecular formula is C45H38N2. The smallest absolute Gasteiger partial charge is 0.145 e. The Morgan fingerprint density at radius 3 is 1.74 bits per heavy atom. The van der Waals surface area contributed by atoms with Crippen LogP contribution in [0.15, 0.2) is 146 Å². The number of benzene rings is 7. The molecule has 0 saturated heterocycles. The minimum atomic E-state index is 0.316. The zero-order chi connectivity index (χ0) is 32.1. The van der Waals surface area contributed by atoms with Crippen molar-refractivity contribution >= 4 is 32.6 Å². The molecule has 2 nitrogen and oxygen atoms in total. The second kappa shape index (κ2) is 11.7. The lowest BCUT2D eigenvalue weighted by atomic mass is 9.88. The van der Waals surface area contributed by atoms with Crippen LogP contribution in [0.25, 0.3) is 71.9 Å². The molecule has 1 aromatic heterocycles. The van der Waals surface area contributed by atoms with Crippen molar-refractivity contribution in [3.8, 4) is 39.3 Å². The van der Waals surface area contributed by atoms with Crippen molar-refractivity contribution in [1.29, 1.82) is 0 Å². The van der Waals surface area contributed by atoms with E-state index in [1.165, 1.54) is 60.6 Å². The number of para-hydroxylation sites is 2. The summed E-state index contributed by atoms with van der Waals surface area (Å²) >= 11 is 0. The minimum Gasteiger partial charge on any atom is -0.292 e. The maximum atomic E-state index is 5.35. The van der Waals surface area contributed by atoms with E-state index in [4.69, 9.17) is 4.98 Å². The quantitative estimate of drug-likeness (QED) is 0.172. The van der Waals surface area contributed by atoms with Gasteiger partial charge in [-0.05, 0) is 103 Å². The van der Waals surface area contributed by atoms with E-state index in [0.29, 0.717) is 11.8 Å². The molecule has 0 fully saturated rings. The third-order valence-electron chi connectivity index (χ3n) is 9.51. The molecule has 8 aromatic rings. The Labute approximate surface area is 277 Å². The molecule has 0 N–H and O–H groups in total. The molecule has 0 unspecified atom stereocenters. The number of imidazole rings is 1. The Morgan fingerprint density at radius 2 is 1.06 bits per heavy atom. The fraction of sp³-hybridized carbons (Fsp3) is 0.133. The maximum Gasteiger partial charge on any atom is 0.145 e. The van der Waals surface area contributed by atoms with Crippen LogP contribution < -0.4 is 0 Å². The lowest BCUT2D eigenvalue weighted by Gasteiger charge is -2.24. The molecule has 0 aliphatic carbocycles. The molecule has 1 heterocycles. The van der Waals surface area contributed by atoms with E-state index >= 15 is 0 Å². The topological polar surface area (TPSA) is 17.8 Å². The van der Waals surface area contributed by atoms with Gasteiger partial charge in [-0.3, -0.25) is 4.57 Å². The first-order valence-corrected chi connectivity index (χ1v) is 16.7. The van der Waals surface area contributed by atoms with Crippen molar-refractivity contribution in [3.05, 3.63) is 157 Å². The number of fused-ring (bicyclic) bond motifs is 4. The highest BCUT2D eigenvalue weighted by molar-refractivity contribution is 6.14. The first kappa shape index (κ1) is 29.0. The molecule has 0 atom stereocenters. The van der Waals surface area contributed by atoms with E-state index in [-0.39, 0.29) is 0 Å². The second-order valence-electron chi connectivity index (χ2n) is 13.2. The van der Waals surface area contributed by atoms with E-state index in [1.54, 1.807) is 0 Å². The van der Waals surface area contributed by atoms with Gasteiger partial charge in [0.05, 0.1) is 16.7 Å². The molecule has 0 spiro atoms. The fourth-order valence-corrected chi connectivity index (χ4v) is 7.17. The number of hydrogen-bond acceptors (Lipinski definition) is 1. The number of rotatable bonds is 6. The summed E-state index contributed by atoms with van der Waals surface area (Å²) in [4.78, 5) is 5.35. The van der Waals surface area contributed by atoms with Crippen molar-refractivity contribution in [2.45, 2.75) is 39.5 Å². The van der Waals surface area contributed by atoms with Crippen molar-refractivity contribution in [2.75, 3.05) is 0 Å². The van der Waals surface area contributed by atoms with Crippen LogP contribution in [0.3, 0.4) is 0 Å². The van der Waals surface area contributed by atoms with Crippen LogP contribution in [-0.4, -0.2) is 9.55 Å². The van der Waals surface area contributed by atoms with Gasteiger partial charge in [-0.25, -0.2) is 4.98 Å². The summed E-state index contributed by atoms with van der Waals surface area (Å²) in [5, 5.41) is 5.01. The van der Waals surface area contributed by atoms with E-state index < -0.39 is 0 Å². The average molecular weight is 607 g/mol. The fourth-order valence-electron chi connectivity index (χ4n) is 7.17. The summed E-state index contributed by atoms with van der Waals surface area (Å²) in [6, 6.07) is 52.9. The number of nitrogens with zero attached hydrogens (tertiary/aromatic N) is 2. The molecule has 7 aromatic carbocycles. The summed E-state index contributed by atoms with van der Waals surface area (Å²) in [5.74, 6) is 1.60. The van der Waals surface area contributed by atoms with Crippen molar-refractivity contribution in [3.63, 3.8) is 0 Å². The van der Waals surface area contributed by atoms with E-state index in [9.17, 15) is 0 Å². The average Bonchev–Trinajstić information content (AvgIpc) is 3.50. The zero-order valence-corrected chi connectivity index (χ0v) is 27.4. The van der Waals surface area contributed by atoms with E-state index in [1.807, 2.05) is 0 Å². The Kier molecular flexibility index (Phi) is 7.22. The highest BCUT2D eigenvalue weighted by Gasteiger charge is 2.24. The molecular weight excluding hydrogens is 569 g/mol. The van der Waals surface area contributed by atoms with Crippen LogP contribution in [0.2, 0.25) is 0 Å². The van der Waals surface area contributed by atoms with Gasteiger partial charge in [0.25, 0.3) is 0 Å². The van der Waals surface area contributed by atoms with E-state index in [2.05, 4.69) is 178 Å². The molecule has 0 aliphatic heterocycles. The second-order valence-corrected chi connectivity index (χ2v) is 13.2. The highest BCUT2D eigenvalue weighted by atomic mass is 15.1. The summed E-state index contributed by atoms with van der Waals surface area (Å²) in [6.07, 6.45) is 0.